The first kappa shape index (κ1) is 16.3. The number of carbonyl (C=O) groups is 1. The van der Waals surface area contributed by atoms with Gasteiger partial charge < -0.3 is 5.32 Å². The SMILES string of the molecule is CC(CNC(=O)C1(c2ccccc2)CC1)N1CCc2ccccc2C1. The Hall–Kier alpha value is -2.13. The predicted molar refractivity (Wildman–Crippen MR) is 100 cm³/mol. The van der Waals surface area contributed by atoms with E-state index in [0.717, 1.165) is 44.5 Å². The van der Waals surface area contributed by atoms with E-state index in [1.165, 1.54) is 11.1 Å². The van der Waals surface area contributed by atoms with E-state index in [-0.39, 0.29) is 11.3 Å². The second-order valence-corrected chi connectivity index (χ2v) is 7.50. The molecule has 1 unspecified atom stereocenters. The van der Waals surface area contributed by atoms with Crippen molar-refractivity contribution >= 4 is 5.91 Å². The van der Waals surface area contributed by atoms with Gasteiger partial charge >= 0.3 is 0 Å². The molecule has 130 valence electrons. The lowest BCUT2D eigenvalue weighted by Crippen LogP contribution is -2.46. The fourth-order valence-electron chi connectivity index (χ4n) is 3.96. The molecule has 1 amide bonds. The molecule has 1 heterocycles. The molecule has 2 aromatic rings. The Morgan fingerprint density at radius 2 is 1.76 bits per heavy atom. The van der Waals surface area contributed by atoms with Gasteiger partial charge in [0.05, 0.1) is 5.41 Å². The summed E-state index contributed by atoms with van der Waals surface area (Å²) < 4.78 is 0. The maximum atomic E-state index is 12.8. The van der Waals surface area contributed by atoms with Crippen LogP contribution in [-0.4, -0.2) is 29.9 Å². The van der Waals surface area contributed by atoms with E-state index in [9.17, 15) is 4.79 Å². The van der Waals surface area contributed by atoms with Crippen molar-refractivity contribution in [2.24, 2.45) is 0 Å². The summed E-state index contributed by atoms with van der Waals surface area (Å²) in [6.07, 6.45) is 3.03. The van der Waals surface area contributed by atoms with Crippen molar-refractivity contribution in [2.75, 3.05) is 13.1 Å². The van der Waals surface area contributed by atoms with Crippen molar-refractivity contribution in [1.29, 1.82) is 0 Å². The number of amides is 1. The van der Waals surface area contributed by atoms with Gasteiger partial charge in [-0.3, -0.25) is 9.69 Å². The third kappa shape index (κ3) is 3.21. The van der Waals surface area contributed by atoms with Crippen LogP contribution in [0.25, 0.3) is 0 Å². The van der Waals surface area contributed by atoms with Crippen molar-refractivity contribution in [3.63, 3.8) is 0 Å². The number of nitrogens with zero attached hydrogens (tertiary/aromatic N) is 1. The zero-order valence-corrected chi connectivity index (χ0v) is 14.9. The minimum absolute atomic E-state index is 0.197. The first-order valence-electron chi connectivity index (χ1n) is 9.34. The fourth-order valence-corrected chi connectivity index (χ4v) is 3.96. The highest BCUT2D eigenvalue weighted by Gasteiger charge is 2.51. The van der Waals surface area contributed by atoms with Crippen molar-refractivity contribution in [1.82, 2.24) is 10.2 Å². The van der Waals surface area contributed by atoms with Crippen LogP contribution in [0.1, 0.15) is 36.5 Å². The van der Waals surface area contributed by atoms with Crippen molar-refractivity contribution in [3.8, 4) is 0 Å². The average Bonchev–Trinajstić information content (AvgIpc) is 3.48. The minimum atomic E-state index is -0.268. The van der Waals surface area contributed by atoms with Gasteiger partial charge in [0.1, 0.15) is 0 Å². The van der Waals surface area contributed by atoms with Crippen LogP contribution in [0.5, 0.6) is 0 Å². The molecular formula is C22H26N2O. The lowest BCUT2D eigenvalue weighted by Gasteiger charge is -2.34. The summed E-state index contributed by atoms with van der Waals surface area (Å²) in [5.74, 6) is 0.197. The van der Waals surface area contributed by atoms with Crippen LogP contribution in [0.4, 0.5) is 0 Å². The van der Waals surface area contributed by atoms with E-state index in [1.807, 2.05) is 18.2 Å². The van der Waals surface area contributed by atoms with Crippen LogP contribution in [0.15, 0.2) is 54.6 Å². The Bertz CT molecular complexity index is 752. The third-order valence-electron chi connectivity index (χ3n) is 5.85. The van der Waals surface area contributed by atoms with Gasteiger partial charge in [-0.15, -0.1) is 0 Å². The van der Waals surface area contributed by atoms with E-state index >= 15 is 0 Å². The number of fused-ring (bicyclic) bond motifs is 1. The monoisotopic (exact) mass is 334 g/mol. The first-order valence-corrected chi connectivity index (χ1v) is 9.34. The molecule has 1 aliphatic heterocycles. The predicted octanol–water partition coefficient (Wildman–Crippen LogP) is 3.28. The molecule has 1 N–H and O–H groups in total. The van der Waals surface area contributed by atoms with Gasteiger partial charge in [-0.05, 0) is 42.9 Å². The number of hydrogen-bond donors (Lipinski definition) is 1. The fraction of sp³-hybridized carbons (Fsp3) is 0.409. The Balaban J connectivity index is 1.35. The van der Waals surface area contributed by atoms with E-state index in [2.05, 4.69) is 53.5 Å². The van der Waals surface area contributed by atoms with Gasteiger partial charge in [0.25, 0.3) is 0 Å². The third-order valence-corrected chi connectivity index (χ3v) is 5.85. The van der Waals surface area contributed by atoms with E-state index in [0.29, 0.717) is 6.04 Å². The molecule has 0 radical (unpaired) electrons. The number of hydrogen-bond acceptors (Lipinski definition) is 2. The van der Waals surface area contributed by atoms with Gasteiger partial charge in [0.15, 0.2) is 0 Å². The molecule has 0 bridgehead atoms. The van der Waals surface area contributed by atoms with Crippen LogP contribution in [0, 0.1) is 0 Å². The highest BCUT2D eigenvalue weighted by Crippen LogP contribution is 2.48. The first-order chi connectivity index (χ1) is 12.2. The summed E-state index contributed by atoms with van der Waals surface area (Å²) in [6.45, 7) is 4.99. The number of rotatable bonds is 5. The molecule has 3 heteroatoms. The number of carbonyl (C=O) groups excluding carboxylic acids is 1. The van der Waals surface area contributed by atoms with E-state index in [1.54, 1.807) is 0 Å². The van der Waals surface area contributed by atoms with Crippen LogP contribution in [0.2, 0.25) is 0 Å². The second-order valence-electron chi connectivity index (χ2n) is 7.50. The molecule has 1 atom stereocenters. The van der Waals surface area contributed by atoms with Crippen molar-refractivity contribution in [3.05, 3.63) is 71.3 Å². The van der Waals surface area contributed by atoms with Gasteiger partial charge in [-0.2, -0.15) is 0 Å². The molecule has 0 spiro atoms. The average molecular weight is 334 g/mol. The normalized spacial score (nSPS) is 19.7. The Morgan fingerprint density at radius 1 is 1.08 bits per heavy atom. The molecule has 2 aliphatic rings. The molecule has 3 nitrogen and oxygen atoms in total. The lowest BCUT2D eigenvalue weighted by molar-refractivity contribution is -0.123. The van der Waals surface area contributed by atoms with Crippen LogP contribution >= 0.6 is 0 Å². The molecule has 1 saturated carbocycles. The summed E-state index contributed by atoms with van der Waals surface area (Å²) in [5.41, 5.74) is 3.79. The van der Waals surface area contributed by atoms with Gasteiger partial charge in [0.2, 0.25) is 5.91 Å². The van der Waals surface area contributed by atoms with Gasteiger partial charge in [-0.25, -0.2) is 0 Å². The summed E-state index contributed by atoms with van der Waals surface area (Å²) >= 11 is 0. The summed E-state index contributed by atoms with van der Waals surface area (Å²) in [5, 5.41) is 3.22. The zero-order valence-electron chi connectivity index (χ0n) is 14.9. The largest absolute Gasteiger partial charge is 0.354 e. The summed E-state index contributed by atoms with van der Waals surface area (Å²) in [7, 11) is 0. The minimum Gasteiger partial charge on any atom is -0.354 e. The number of nitrogens with one attached hydrogen (secondary N) is 1. The van der Waals surface area contributed by atoms with Crippen molar-refractivity contribution < 1.29 is 4.79 Å². The molecule has 0 aromatic heterocycles. The molecule has 2 aromatic carbocycles. The van der Waals surface area contributed by atoms with Crippen LogP contribution < -0.4 is 5.32 Å². The Labute approximate surface area is 150 Å². The molecule has 25 heavy (non-hydrogen) atoms. The highest BCUT2D eigenvalue weighted by molar-refractivity contribution is 5.91. The maximum absolute atomic E-state index is 12.8. The van der Waals surface area contributed by atoms with E-state index in [4.69, 9.17) is 0 Å². The van der Waals surface area contributed by atoms with Crippen LogP contribution in [-0.2, 0) is 23.2 Å². The van der Waals surface area contributed by atoms with Gasteiger partial charge in [-0.1, -0.05) is 54.6 Å². The molecule has 1 aliphatic carbocycles. The standard InChI is InChI=1S/C22H26N2O/c1-17(24-14-11-18-7-5-6-8-19(18)16-24)15-23-21(25)22(12-13-22)20-9-3-2-4-10-20/h2-10,17H,11-16H2,1H3,(H,23,25). The highest BCUT2D eigenvalue weighted by atomic mass is 16.2. The topological polar surface area (TPSA) is 32.3 Å². The van der Waals surface area contributed by atoms with Gasteiger partial charge in [0, 0.05) is 25.7 Å². The van der Waals surface area contributed by atoms with Crippen molar-refractivity contribution in [2.45, 2.75) is 44.2 Å². The molecule has 1 fully saturated rings. The number of benzene rings is 2. The zero-order chi connectivity index (χ0) is 17.3. The molecule has 0 saturated heterocycles. The quantitative estimate of drug-likeness (QED) is 0.910. The Morgan fingerprint density at radius 3 is 2.48 bits per heavy atom. The lowest BCUT2D eigenvalue weighted by atomic mass is 9.95. The summed E-state index contributed by atoms with van der Waals surface area (Å²) in [4.78, 5) is 15.3. The molecule has 4 rings (SSSR count). The smallest absolute Gasteiger partial charge is 0.230 e. The molecular weight excluding hydrogens is 308 g/mol. The second kappa shape index (κ2) is 6.64. The van der Waals surface area contributed by atoms with Crippen LogP contribution in [0.3, 0.4) is 0 Å². The summed E-state index contributed by atoms with van der Waals surface area (Å²) in [6, 6.07) is 19.3. The van der Waals surface area contributed by atoms with E-state index < -0.39 is 0 Å². The Kier molecular flexibility index (Phi) is 4.34. The maximum Gasteiger partial charge on any atom is 0.230 e.